The third-order valence-corrected chi connectivity index (χ3v) is 28.2. The van der Waals surface area contributed by atoms with E-state index in [4.69, 9.17) is 58.8 Å². The van der Waals surface area contributed by atoms with Crippen LogP contribution in [-0.4, -0.2) is 56.3 Å². The average Bonchev–Trinajstić information content (AvgIpc) is 1.54. The van der Waals surface area contributed by atoms with Gasteiger partial charge in [-0.1, -0.05) is 501 Å². The Labute approximate surface area is 833 Å². The van der Waals surface area contributed by atoms with Crippen molar-refractivity contribution in [2.45, 2.75) is 285 Å². The highest BCUT2D eigenvalue weighted by atomic mass is 16.5. The molecular formula is C128H144N8O4-2. The molecule has 722 valence electrons. The zero-order valence-electron chi connectivity index (χ0n) is 83.7. The molecule has 0 unspecified atom stereocenters. The van der Waals surface area contributed by atoms with Crippen LogP contribution < -0.4 is 28.9 Å². The second-order valence-electron chi connectivity index (χ2n) is 38.7. The highest BCUT2D eigenvalue weighted by Crippen LogP contribution is 2.57. The van der Waals surface area contributed by atoms with Gasteiger partial charge >= 0.3 is 0 Å². The molecule has 0 radical (unpaired) electrons. The normalized spacial score (nSPS) is 11.7. The molecular weight excluding hydrogens is 1710 g/mol. The fourth-order valence-electron chi connectivity index (χ4n) is 20.9. The first-order chi connectivity index (χ1) is 69.5. The average molecular weight is 1860 g/mol. The van der Waals surface area contributed by atoms with Crippen LogP contribution in [0.15, 0.2) is 267 Å². The molecule has 0 atom stereocenters. The Balaban J connectivity index is 0.978. The first-order valence-electron chi connectivity index (χ1n) is 54.0. The summed E-state index contributed by atoms with van der Waals surface area (Å²) in [7, 11) is 0. The van der Waals surface area contributed by atoms with Gasteiger partial charge in [0.05, 0.1) is 49.7 Å². The SMILES string of the molecule is CCCCCCCCCCCCOc1cc2c(cc1OCCCCCCCCCCCC)-c1nc-2nc2[n-]c(nc3nc(nc4[n-]c(n1)c1c(-c5ccccc5)c(-c5ccccc5)c(-c5ccccc5)c(-c5ccccc5)c41)-c1cc(OCCCCCCCCCCCC)c(OCCCCCCCCCCCC)cc1-3)c1c(-c3ccccc3)c(-c3ccccc3)c(-c3ccccc3)c(-c3ccccc3)c21. The molecule has 2 aliphatic heterocycles. The molecule has 5 heterocycles. The number of hydrogen-bond donors (Lipinski definition) is 0. The fourth-order valence-corrected chi connectivity index (χ4v) is 20.9. The van der Waals surface area contributed by atoms with Gasteiger partial charge in [-0.2, -0.15) is 0 Å². The van der Waals surface area contributed by atoms with E-state index in [9.17, 15) is 0 Å². The molecule has 12 nitrogen and oxygen atoms in total. The number of rotatable bonds is 56. The van der Waals surface area contributed by atoms with Crippen LogP contribution in [0.5, 0.6) is 23.0 Å². The van der Waals surface area contributed by atoms with E-state index in [-0.39, 0.29) is 0 Å². The van der Waals surface area contributed by atoms with E-state index >= 15 is 0 Å². The predicted octanol–water partition coefficient (Wildman–Crippen LogP) is 36.7. The number of unbranched alkanes of at least 4 members (excludes halogenated alkanes) is 36. The Bertz CT molecular complexity index is 5820. The van der Waals surface area contributed by atoms with Gasteiger partial charge < -0.3 is 48.9 Å². The van der Waals surface area contributed by atoms with E-state index in [0.29, 0.717) is 95.3 Å². The lowest BCUT2D eigenvalue weighted by Crippen LogP contribution is -2.03. The topological polar surface area (TPSA) is 142 Å². The monoisotopic (exact) mass is 1860 g/mol. The number of hydrogen-bond acceptors (Lipinski definition) is 10. The van der Waals surface area contributed by atoms with E-state index in [1.807, 2.05) is 0 Å². The highest BCUT2D eigenvalue weighted by Gasteiger charge is 2.32. The van der Waals surface area contributed by atoms with Crippen molar-refractivity contribution in [3.63, 3.8) is 0 Å². The molecule has 3 aromatic heterocycles. The van der Waals surface area contributed by atoms with Crippen molar-refractivity contribution < 1.29 is 18.9 Å². The van der Waals surface area contributed by atoms with Gasteiger partial charge in [-0.05, 0) is 139 Å². The quantitative estimate of drug-likeness (QED) is 0.0335. The third kappa shape index (κ3) is 24.8. The maximum atomic E-state index is 7.24. The standard InChI is InChI=1S/C128H144N8O4/c1-5-9-13-17-21-25-29-33-37-65-85-137-105-89-101-102(90-106(105)138-86-66-38-34-30-26-22-18-14-10-6-2)122-129-121(101)131-125-117-113(97-77-57-45-58-78-97)109(93-69-49-41-50-70-93)110(94-71-51-42-52-72-94)114(98-79-59-46-60-80-98)118(117)127(135-125)133-123-103-91-107(139-87-67-39-35-31-27-23-19-15-11-7-3)108(140-88-68-40-36-32-28-24-20-16-12-8-4)92-104(103)124(130-123)134-128-120-116(100-83-63-48-64-84-100)112(96-75-55-44-56-76-96)111(95-73-53-43-54-74-95)115(99-81-61-47-62-82-99)119(120)126(132-122)136-128/h41-64,69-84,89-92H,5-40,65-68,85-88H2,1-4H3/q-2. The van der Waals surface area contributed by atoms with Crippen molar-refractivity contribution >= 4 is 44.1 Å². The summed E-state index contributed by atoms with van der Waals surface area (Å²) >= 11 is 0. The summed E-state index contributed by atoms with van der Waals surface area (Å²) in [6.07, 6.45) is 48.4. The minimum absolute atomic E-state index is 0.398. The van der Waals surface area contributed by atoms with Crippen LogP contribution >= 0.6 is 0 Å². The number of nitrogens with zero attached hydrogens (tertiary/aromatic N) is 8. The number of aromatic nitrogens is 8. The van der Waals surface area contributed by atoms with Gasteiger partial charge in [0.25, 0.3) is 0 Å². The van der Waals surface area contributed by atoms with Crippen LogP contribution in [0.3, 0.4) is 0 Å². The lowest BCUT2D eigenvalue weighted by Gasteiger charge is -2.23. The van der Waals surface area contributed by atoms with Crippen molar-refractivity contribution in [3.05, 3.63) is 267 Å². The van der Waals surface area contributed by atoms with Gasteiger partial charge in [0.2, 0.25) is 0 Å². The molecule has 0 saturated carbocycles. The second kappa shape index (κ2) is 51.9. The summed E-state index contributed by atoms with van der Waals surface area (Å²) in [6.45, 7) is 11.2. The Morgan fingerprint density at radius 3 is 0.486 bits per heavy atom. The summed E-state index contributed by atoms with van der Waals surface area (Å²) in [5, 5.41) is 3.17. The minimum atomic E-state index is 0.398. The predicted molar refractivity (Wildman–Crippen MR) is 587 cm³/mol. The molecule has 0 amide bonds. The first kappa shape index (κ1) is 98.8. The molecule has 140 heavy (non-hydrogen) atoms. The van der Waals surface area contributed by atoms with E-state index in [1.54, 1.807) is 0 Å². The maximum Gasteiger partial charge on any atom is 0.161 e. The molecule has 0 aliphatic carbocycles. The van der Waals surface area contributed by atoms with Crippen molar-refractivity contribution in [1.29, 1.82) is 0 Å². The van der Waals surface area contributed by atoms with Crippen LogP contribution in [0.4, 0.5) is 0 Å². The van der Waals surface area contributed by atoms with Crippen LogP contribution in [-0.2, 0) is 0 Å². The van der Waals surface area contributed by atoms with Gasteiger partial charge in [0, 0.05) is 66.4 Å². The van der Waals surface area contributed by atoms with Crippen molar-refractivity contribution in [3.8, 4) is 158 Å². The van der Waals surface area contributed by atoms with Crippen LogP contribution in [0.25, 0.3) is 179 Å². The molecule has 8 bridgehead atoms. The molecule has 15 aromatic rings. The molecule has 12 heteroatoms. The Hall–Kier alpha value is -12.8. The second-order valence-corrected chi connectivity index (χ2v) is 38.7. The molecule has 2 aliphatic rings. The van der Waals surface area contributed by atoms with E-state index in [1.165, 1.54) is 180 Å². The van der Waals surface area contributed by atoms with E-state index < -0.39 is 0 Å². The first-order valence-corrected chi connectivity index (χ1v) is 54.0. The lowest BCUT2D eigenvalue weighted by atomic mass is 9.80. The van der Waals surface area contributed by atoms with Crippen LogP contribution in [0.1, 0.15) is 285 Å². The largest absolute Gasteiger partial charge is 0.490 e. The Morgan fingerprint density at radius 2 is 0.321 bits per heavy atom. The molecule has 0 fully saturated rings. The lowest BCUT2D eigenvalue weighted by molar-refractivity contribution is 0.258. The molecule has 0 saturated heterocycles. The smallest absolute Gasteiger partial charge is 0.161 e. The van der Waals surface area contributed by atoms with E-state index in [2.05, 4.69) is 295 Å². The highest BCUT2D eigenvalue weighted by molar-refractivity contribution is 6.28. The Morgan fingerprint density at radius 1 is 0.171 bits per heavy atom. The van der Waals surface area contributed by atoms with Gasteiger partial charge in [0.1, 0.15) is 0 Å². The number of benzene rings is 12. The summed E-state index contributed by atoms with van der Waals surface area (Å²) in [5.74, 6) is 4.13. The molecule has 12 aromatic carbocycles. The third-order valence-electron chi connectivity index (χ3n) is 28.2. The molecule has 0 spiro atoms. The summed E-state index contributed by atoms with van der Waals surface area (Å²) in [4.78, 5) is 48.5. The maximum absolute atomic E-state index is 7.24. The van der Waals surface area contributed by atoms with Gasteiger partial charge in [-0.15, -0.1) is 0 Å². The van der Waals surface area contributed by atoms with Gasteiger partial charge in [-0.3, -0.25) is 0 Å². The number of fused-ring (bicyclic) bond motifs is 20. The van der Waals surface area contributed by atoms with Crippen LogP contribution in [0.2, 0.25) is 0 Å². The summed E-state index contributed by atoms with van der Waals surface area (Å²) in [6, 6.07) is 95.3. The van der Waals surface area contributed by atoms with Crippen LogP contribution in [0, 0.1) is 0 Å². The number of ether oxygens (including phenoxy) is 4. The van der Waals surface area contributed by atoms with E-state index in [0.717, 1.165) is 210 Å². The fraction of sp³-hybridized carbons (Fsp3) is 0.375. The van der Waals surface area contributed by atoms with Crippen molar-refractivity contribution in [1.82, 2.24) is 39.9 Å². The summed E-state index contributed by atoms with van der Waals surface area (Å²) in [5.41, 5.74) is 20.4. The van der Waals surface area contributed by atoms with Gasteiger partial charge in [-0.25, -0.2) is 9.97 Å². The minimum Gasteiger partial charge on any atom is -0.490 e. The zero-order valence-corrected chi connectivity index (χ0v) is 83.7. The summed E-state index contributed by atoms with van der Waals surface area (Å²) < 4.78 is 29.0. The van der Waals surface area contributed by atoms with Crippen molar-refractivity contribution in [2.75, 3.05) is 26.4 Å². The molecule has 0 N–H and O–H groups in total. The Kier molecular flexibility index (Phi) is 36.6. The molecule has 17 rings (SSSR count). The van der Waals surface area contributed by atoms with Gasteiger partial charge in [0.15, 0.2) is 23.0 Å². The van der Waals surface area contributed by atoms with Crippen molar-refractivity contribution in [2.24, 2.45) is 0 Å². The zero-order chi connectivity index (χ0) is 95.5.